The average Bonchev–Trinajstić information content (AvgIpc) is 2.75. The zero-order valence-corrected chi connectivity index (χ0v) is 10.5. The monoisotopic (exact) mass is 256 g/mol. The third kappa shape index (κ3) is 2.76. The van der Waals surface area contributed by atoms with E-state index in [0.717, 1.165) is 6.42 Å². The summed E-state index contributed by atoms with van der Waals surface area (Å²) >= 11 is 0. The molecule has 0 bridgehead atoms. The van der Waals surface area contributed by atoms with Crippen molar-refractivity contribution in [2.45, 2.75) is 51.5 Å². The molecule has 0 saturated heterocycles. The van der Waals surface area contributed by atoms with Crippen molar-refractivity contribution in [2.24, 2.45) is 5.92 Å². The Balaban J connectivity index is 2.13. The zero-order valence-electron chi connectivity index (χ0n) is 10.5. The molecule has 0 amide bonds. The Morgan fingerprint density at radius 3 is 3.06 bits per heavy atom. The number of hydrogen-bond acceptors (Lipinski definition) is 2. The number of aryl methyl sites for hydroxylation is 1. The number of halogens is 2. The molecule has 0 spiro atoms. The van der Waals surface area contributed by atoms with Crippen molar-refractivity contribution in [3.63, 3.8) is 0 Å². The Morgan fingerprint density at radius 2 is 2.39 bits per heavy atom. The second-order valence-electron chi connectivity index (χ2n) is 4.96. The van der Waals surface area contributed by atoms with Crippen molar-refractivity contribution in [1.29, 1.82) is 0 Å². The normalized spacial score (nSPS) is 22.9. The van der Waals surface area contributed by atoms with Crippen molar-refractivity contribution in [2.75, 3.05) is 0 Å². The van der Waals surface area contributed by atoms with Gasteiger partial charge in [0, 0.05) is 37.7 Å². The van der Waals surface area contributed by atoms with E-state index >= 15 is 0 Å². The van der Waals surface area contributed by atoms with Crippen molar-refractivity contribution in [3.8, 4) is 0 Å². The van der Waals surface area contributed by atoms with E-state index in [-0.39, 0.29) is 18.6 Å². The molecule has 1 atom stereocenters. The molecule has 0 aliphatic heterocycles. The third-order valence-corrected chi connectivity index (χ3v) is 3.41. The van der Waals surface area contributed by atoms with Gasteiger partial charge >= 0.3 is 0 Å². The number of Topliss-reactive ketones (excluding diaryl/α,β-unsaturated/α-hetero) is 1. The lowest BCUT2D eigenvalue weighted by Gasteiger charge is -2.27. The van der Waals surface area contributed by atoms with Crippen LogP contribution < -0.4 is 0 Å². The minimum atomic E-state index is -2.69. The van der Waals surface area contributed by atoms with Gasteiger partial charge in [0.25, 0.3) is 0 Å². The van der Waals surface area contributed by atoms with E-state index in [1.807, 2.05) is 6.92 Å². The summed E-state index contributed by atoms with van der Waals surface area (Å²) in [4.78, 5) is 16.3. The van der Waals surface area contributed by atoms with Crippen LogP contribution in [0.3, 0.4) is 0 Å². The van der Waals surface area contributed by atoms with Crippen molar-refractivity contribution < 1.29 is 13.6 Å². The van der Waals surface area contributed by atoms with Crippen LogP contribution in [0, 0.1) is 5.92 Å². The van der Waals surface area contributed by atoms with Gasteiger partial charge in [0.1, 0.15) is 0 Å². The first-order valence-corrected chi connectivity index (χ1v) is 6.46. The van der Waals surface area contributed by atoms with Crippen LogP contribution in [0.25, 0.3) is 0 Å². The largest absolute Gasteiger partial charge is 0.329 e. The average molecular weight is 256 g/mol. The van der Waals surface area contributed by atoms with Gasteiger partial charge in [-0.05, 0) is 19.3 Å². The van der Waals surface area contributed by atoms with Gasteiger partial charge < -0.3 is 4.57 Å². The molecule has 0 radical (unpaired) electrons. The van der Waals surface area contributed by atoms with Crippen molar-refractivity contribution >= 4 is 5.78 Å². The van der Waals surface area contributed by atoms with Crippen LogP contribution in [-0.4, -0.2) is 21.3 Å². The Morgan fingerprint density at radius 1 is 1.61 bits per heavy atom. The van der Waals surface area contributed by atoms with Gasteiger partial charge in [-0.1, -0.05) is 6.92 Å². The van der Waals surface area contributed by atoms with E-state index in [2.05, 4.69) is 4.98 Å². The quantitative estimate of drug-likeness (QED) is 0.775. The molecular weight excluding hydrogens is 238 g/mol. The van der Waals surface area contributed by atoms with E-state index < -0.39 is 11.8 Å². The predicted molar refractivity (Wildman–Crippen MR) is 63.8 cm³/mol. The van der Waals surface area contributed by atoms with E-state index in [0.29, 0.717) is 25.2 Å². The van der Waals surface area contributed by atoms with Crippen LogP contribution in [0.2, 0.25) is 0 Å². The number of ketones is 1. The van der Waals surface area contributed by atoms with E-state index in [1.54, 1.807) is 17.0 Å². The minimum absolute atomic E-state index is 0.0970. The topological polar surface area (TPSA) is 34.9 Å². The second-order valence-corrected chi connectivity index (χ2v) is 4.96. The van der Waals surface area contributed by atoms with Gasteiger partial charge in [0.15, 0.2) is 5.82 Å². The van der Waals surface area contributed by atoms with E-state index in [1.165, 1.54) is 0 Å². The minimum Gasteiger partial charge on any atom is -0.329 e. The summed E-state index contributed by atoms with van der Waals surface area (Å²) < 4.78 is 28.4. The molecule has 1 heterocycles. The zero-order chi connectivity index (χ0) is 13.2. The van der Waals surface area contributed by atoms with Gasteiger partial charge in [-0.2, -0.15) is 0 Å². The highest BCUT2D eigenvalue weighted by Gasteiger charge is 2.40. The molecule has 2 rings (SSSR count). The lowest BCUT2D eigenvalue weighted by Crippen LogP contribution is -2.31. The Hall–Kier alpha value is -1.26. The van der Waals surface area contributed by atoms with Crippen molar-refractivity contribution in [1.82, 2.24) is 9.55 Å². The van der Waals surface area contributed by atoms with Crippen LogP contribution in [-0.2, 0) is 6.54 Å². The first-order chi connectivity index (χ1) is 8.53. The summed E-state index contributed by atoms with van der Waals surface area (Å²) in [5.41, 5.74) is 0. The number of nitrogens with zero attached hydrogens (tertiary/aromatic N) is 2. The molecule has 100 valence electrons. The molecule has 1 unspecified atom stereocenters. The summed E-state index contributed by atoms with van der Waals surface area (Å²) in [7, 11) is 0. The summed E-state index contributed by atoms with van der Waals surface area (Å²) in [6.07, 6.45) is 4.72. The summed E-state index contributed by atoms with van der Waals surface area (Å²) in [5.74, 6) is -3.17. The van der Waals surface area contributed by atoms with Crippen LogP contribution in [0.5, 0.6) is 0 Å². The smallest absolute Gasteiger partial charge is 0.248 e. The molecular formula is C13H18F2N2O. The Bertz CT molecular complexity index is 428. The van der Waals surface area contributed by atoms with Crippen LogP contribution >= 0.6 is 0 Å². The number of carbonyl (C=O) groups is 1. The number of aromatic nitrogens is 2. The van der Waals surface area contributed by atoms with Crippen molar-refractivity contribution in [3.05, 3.63) is 18.2 Å². The second kappa shape index (κ2) is 5.16. The summed E-state index contributed by atoms with van der Waals surface area (Å²) in [5, 5.41) is 0. The lowest BCUT2D eigenvalue weighted by atomic mass is 9.83. The summed E-state index contributed by atoms with van der Waals surface area (Å²) in [6.45, 7) is 2.70. The standard InChI is InChI=1S/C13H18F2N2O/c1-2-7-17-8-6-16-12(17)11(18)10-4-3-5-13(14,15)9-10/h6,8,10H,2-5,7,9H2,1H3. The first-order valence-electron chi connectivity index (χ1n) is 6.46. The van der Waals surface area contributed by atoms with Gasteiger partial charge in [-0.15, -0.1) is 0 Å². The van der Waals surface area contributed by atoms with Gasteiger partial charge in [0.2, 0.25) is 11.7 Å². The van der Waals surface area contributed by atoms with Gasteiger partial charge in [-0.25, -0.2) is 13.8 Å². The maximum atomic E-state index is 13.3. The van der Waals surface area contributed by atoms with Gasteiger partial charge in [-0.3, -0.25) is 4.79 Å². The highest BCUT2D eigenvalue weighted by molar-refractivity contribution is 5.94. The number of imidazole rings is 1. The number of alkyl halides is 2. The van der Waals surface area contributed by atoms with Crippen LogP contribution in [0.4, 0.5) is 8.78 Å². The number of rotatable bonds is 4. The Labute approximate surface area is 105 Å². The molecule has 1 aliphatic rings. The van der Waals surface area contributed by atoms with Crippen LogP contribution in [0.1, 0.15) is 49.6 Å². The molecule has 1 aliphatic carbocycles. The fourth-order valence-corrected chi connectivity index (χ4v) is 2.53. The van der Waals surface area contributed by atoms with Gasteiger partial charge in [0.05, 0.1) is 0 Å². The molecule has 18 heavy (non-hydrogen) atoms. The van der Waals surface area contributed by atoms with Crippen LogP contribution in [0.15, 0.2) is 12.4 Å². The molecule has 1 fully saturated rings. The fraction of sp³-hybridized carbons (Fsp3) is 0.692. The lowest BCUT2D eigenvalue weighted by molar-refractivity contribution is -0.0479. The predicted octanol–water partition coefficient (Wildman–Crippen LogP) is 3.30. The van der Waals surface area contributed by atoms with E-state index in [4.69, 9.17) is 0 Å². The molecule has 1 aromatic rings. The Kier molecular flexibility index (Phi) is 3.78. The first kappa shape index (κ1) is 13.2. The SMILES string of the molecule is CCCn1ccnc1C(=O)C1CCCC(F)(F)C1. The molecule has 1 aromatic heterocycles. The van der Waals surface area contributed by atoms with E-state index in [9.17, 15) is 13.6 Å². The molecule has 0 aromatic carbocycles. The fourth-order valence-electron chi connectivity index (χ4n) is 2.53. The molecule has 5 heteroatoms. The molecule has 3 nitrogen and oxygen atoms in total. The highest BCUT2D eigenvalue weighted by atomic mass is 19.3. The molecule has 0 N–H and O–H groups in total. The molecule has 1 saturated carbocycles. The third-order valence-electron chi connectivity index (χ3n) is 3.41. The summed E-state index contributed by atoms with van der Waals surface area (Å²) in [6, 6.07) is 0. The number of carbonyl (C=O) groups excluding carboxylic acids is 1. The maximum absolute atomic E-state index is 13.3. The highest BCUT2D eigenvalue weighted by Crippen LogP contribution is 2.37. The maximum Gasteiger partial charge on any atom is 0.248 e. The number of hydrogen-bond donors (Lipinski definition) is 0.